The standard InChI is InChI=1S/C22H33NO4/c1-4-13-14-7-5-6-8-23-16(17-9-11(2)21(24)26-17)10-15(19(14)23)18-12(3)22(25)27-20(13)18/h11-20H,4-10H2,1-3H3/t11-,12-,13+,14+,15+,16-,17?,18+,19+,20-/m0/s1. The SMILES string of the molecule is CC[C@@H]1[C@H]2CCCCN3[C@H]2[C@H](C[C@H]3C2C[C@H](C)C(=O)O2)[C@@H]2[C@H]1OC(=O)[C@H]2C. The molecule has 0 aromatic heterocycles. The van der Waals surface area contributed by atoms with Crippen LogP contribution in [0.15, 0.2) is 0 Å². The number of fused-ring (bicyclic) bond motifs is 2. The lowest BCUT2D eigenvalue weighted by molar-refractivity contribution is -0.148. The zero-order valence-corrected chi connectivity index (χ0v) is 16.8. The molecule has 5 heteroatoms. The van der Waals surface area contributed by atoms with Crippen LogP contribution in [0.1, 0.15) is 59.3 Å². The Labute approximate surface area is 162 Å². The summed E-state index contributed by atoms with van der Waals surface area (Å²) in [5.41, 5.74) is 0. The van der Waals surface area contributed by atoms with E-state index in [1.165, 1.54) is 19.3 Å². The summed E-state index contributed by atoms with van der Waals surface area (Å²) < 4.78 is 11.8. The van der Waals surface area contributed by atoms with Crippen LogP contribution in [-0.4, -0.2) is 47.7 Å². The molecule has 4 heterocycles. The van der Waals surface area contributed by atoms with Crippen molar-refractivity contribution in [2.75, 3.05) is 6.54 Å². The lowest BCUT2D eigenvalue weighted by Crippen LogP contribution is -2.54. The average molecular weight is 376 g/mol. The largest absolute Gasteiger partial charge is 0.462 e. The Kier molecular flexibility index (Phi) is 4.30. The minimum Gasteiger partial charge on any atom is -0.462 e. The quantitative estimate of drug-likeness (QED) is 0.695. The molecule has 5 rings (SSSR count). The number of ether oxygens (including phenoxy) is 2. The van der Waals surface area contributed by atoms with Gasteiger partial charge in [-0.25, -0.2) is 0 Å². The van der Waals surface area contributed by atoms with Gasteiger partial charge in [0.2, 0.25) is 0 Å². The molecule has 0 aromatic carbocycles. The van der Waals surface area contributed by atoms with Crippen molar-refractivity contribution in [3.05, 3.63) is 0 Å². The Balaban J connectivity index is 1.51. The Morgan fingerprint density at radius 1 is 1.04 bits per heavy atom. The molecule has 150 valence electrons. The molecular formula is C22H33NO4. The van der Waals surface area contributed by atoms with Crippen LogP contribution in [-0.2, 0) is 19.1 Å². The lowest BCUT2D eigenvalue weighted by Gasteiger charge is -2.48. The maximum absolute atomic E-state index is 12.5. The van der Waals surface area contributed by atoms with Crippen molar-refractivity contribution in [3.63, 3.8) is 0 Å². The normalized spacial score (nSPS) is 52.1. The predicted molar refractivity (Wildman–Crippen MR) is 99.7 cm³/mol. The topological polar surface area (TPSA) is 55.8 Å². The third-order valence-corrected chi connectivity index (χ3v) is 8.61. The van der Waals surface area contributed by atoms with Crippen LogP contribution in [0.2, 0.25) is 0 Å². The molecule has 0 amide bonds. The molecule has 0 N–H and O–H groups in total. The molecule has 1 saturated carbocycles. The van der Waals surface area contributed by atoms with E-state index in [1.807, 2.05) is 6.92 Å². The maximum Gasteiger partial charge on any atom is 0.309 e. The molecule has 27 heavy (non-hydrogen) atoms. The smallest absolute Gasteiger partial charge is 0.309 e. The fourth-order valence-electron chi connectivity index (χ4n) is 7.48. The van der Waals surface area contributed by atoms with Crippen molar-refractivity contribution in [2.45, 2.75) is 83.6 Å². The molecule has 0 spiro atoms. The summed E-state index contributed by atoms with van der Waals surface area (Å²) >= 11 is 0. The molecule has 0 radical (unpaired) electrons. The molecule has 0 bridgehead atoms. The van der Waals surface area contributed by atoms with E-state index >= 15 is 0 Å². The molecule has 5 nitrogen and oxygen atoms in total. The van der Waals surface area contributed by atoms with Gasteiger partial charge in [0.1, 0.15) is 12.2 Å². The summed E-state index contributed by atoms with van der Waals surface area (Å²) in [6.07, 6.45) is 6.87. The van der Waals surface area contributed by atoms with Crippen LogP contribution in [0, 0.1) is 35.5 Å². The van der Waals surface area contributed by atoms with Gasteiger partial charge in [0.25, 0.3) is 0 Å². The summed E-state index contributed by atoms with van der Waals surface area (Å²) in [5, 5.41) is 0. The van der Waals surface area contributed by atoms with Gasteiger partial charge >= 0.3 is 11.9 Å². The van der Waals surface area contributed by atoms with E-state index in [-0.39, 0.29) is 36.0 Å². The second-order valence-electron chi connectivity index (χ2n) is 9.81. The highest BCUT2D eigenvalue weighted by Gasteiger charge is 2.63. The van der Waals surface area contributed by atoms with Gasteiger partial charge in [0.05, 0.1) is 11.8 Å². The number of carbonyl (C=O) groups is 2. The van der Waals surface area contributed by atoms with Crippen LogP contribution in [0.3, 0.4) is 0 Å². The Bertz CT molecular complexity index is 636. The van der Waals surface area contributed by atoms with E-state index in [0.717, 1.165) is 25.8 Å². The highest BCUT2D eigenvalue weighted by molar-refractivity contribution is 5.75. The lowest BCUT2D eigenvalue weighted by atomic mass is 9.60. The fraction of sp³-hybridized carbons (Fsp3) is 0.909. The minimum atomic E-state index is -0.0294. The summed E-state index contributed by atoms with van der Waals surface area (Å²) in [7, 11) is 0. The first-order valence-electron chi connectivity index (χ1n) is 11.2. The van der Waals surface area contributed by atoms with Crippen molar-refractivity contribution in [2.24, 2.45) is 35.5 Å². The number of nitrogens with zero attached hydrogens (tertiary/aromatic N) is 1. The minimum absolute atomic E-state index is 0.00362. The molecule has 1 aliphatic carbocycles. The van der Waals surface area contributed by atoms with Crippen LogP contribution in [0.25, 0.3) is 0 Å². The van der Waals surface area contributed by atoms with E-state index in [4.69, 9.17) is 9.47 Å². The molecule has 10 atom stereocenters. The van der Waals surface area contributed by atoms with Gasteiger partial charge in [-0.1, -0.05) is 27.2 Å². The van der Waals surface area contributed by atoms with Gasteiger partial charge in [-0.3, -0.25) is 14.5 Å². The number of rotatable bonds is 2. The van der Waals surface area contributed by atoms with Gasteiger partial charge in [0.15, 0.2) is 0 Å². The zero-order chi connectivity index (χ0) is 18.9. The Morgan fingerprint density at radius 3 is 2.56 bits per heavy atom. The van der Waals surface area contributed by atoms with Gasteiger partial charge in [0, 0.05) is 23.9 Å². The summed E-state index contributed by atoms with van der Waals surface area (Å²) in [6.45, 7) is 7.44. The van der Waals surface area contributed by atoms with Crippen molar-refractivity contribution >= 4 is 11.9 Å². The van der Waals surface area contributed by atoms with Gasteiger partial charge in [-0.2, -0.15) is 0 Å². The predicted octanol–water partition coefficient (Wildman–Crippen LogP) is 3.01. The molecule has 0 aromatic rings. The molecule has 4 saturated heterocycles. The molecule has 1 unspecified atom stereocenters. The van der Waals surface area contributed by atoms with E-state index in [1.54, 1.807) is 0 Å². The third-order valence-electron chi connectivity index (χ3n) is 8.61. The van der Waals surface area contributed by atoms with Crippen molar-refractivity contribution in [1.29, 1.82) is 0 Å². The molecule has 4 aliphatic heterocycles. The van der Waals surface area contributed by atoms with E-state index in [0.29, 0.717) is 35.8 Å². The Hall–Kier alpha value is -1.10. The van der Waals surface area contributed by atoms with Crippen LogP contribution in [0.5, 0.6) is 0 Å². The number of esters is 2. The Morgan fingerprint density at radius 2 is 1.85 bits per heavy atom. The van der Waals surface area contributed by atoms with E-state index in [9.17, 15) is 9.59 Å². The van der Waals surface area contributed by atoms with Crippen molar-refractivity contribution in [1.82, 2.24) is 4.90 Å². The number of cyclic esters (lactones) is 1. The van der Waals surface area contributed by atoms with Crippen molar-refractivity contribution < 1.29 is 19.1 Å². The molecule has 5 aliphatic rings. The first-order chi connectivity index (χ1) is 13.0. The summed E-state index contributed by atoms with van der Waals surface area (Å²) in [5.74, 6) is 1.94. The van der Waals surface area contributed by atoms with Crippen LogP contribution < -0.4 is 0 Å². The first-order valence-corrected chi connectivity index (χ1v) is 11.2. The second kappa shape index (κ2) is 6.47. The highest BCUT2D eigenvalue weighted by Crippen LogP contribution is 2.57. The van der Waals surface area contributed by atoms with Gasteiger partial charge in [-0.15, -0.1) is 0 Å². The monoisotopic (exact) mass is 375 g/mol. The highest BCUT2D eigenvalue weighted by atomic mass is 16.6. The van der Waals surface area contributed by atoms with E-state index in [2.05, 4.69) is 18.7 Å². The second-order valence-corrected chi connectivity index (χ2v) is 9.81. The summed E-state index contributed by atoms with van der Waals surface area (Å²) in [4.78, 5) is 27.3. The average Bonchev–Trinajstić information content (AvgIpc) is 3.20. The number of hydrogen-bond acceptors (Lipinski definition) is 5. The zero-order valence-electron chi connectivity index (χ0n) is 16.8. The van der Waals surface area contributed by atoms with Crippen molar-refractivity contribution in [3.8, 4) is 0 Å². The summed E-state index contributed by atoms with van der Waals surface area (Å²) in [6, 6.07) is 0.865. The fourth-order valence-corrected chi connectivity index (χ4v) is 7.48. The van der Waals surface area contributed by atoms with Gasteiger partial charge in [-0.05, 0) is 50.5 Å². The molecular weight excluding hydrogens is 342 g/mol. The number of carbonyl (C=O) groups excluding carboxylic acids is 2. The van der Waals surface area contributed by atoms with Gasteiger partial charge < -0.3 is 9.47 Å². The third kappa shape index (κ3) is 2.53. The van der Waals surface area contributed by atoms with Crippen LogP contribution >= 0.6 is 0 Å². The number of hydrogen-bond donors (Lipinski definition) is 0. The van der Waals surface area contributed by atoms with Crippen LogP contribution in [0.4, 0.5) is 0 Å². The first kappa shape index (κ1) is 18.0. The maximum atomic E-state index is 12.5. The van der Waals surface area contributed by atoms with E-state index < -0.39 is 0 Å². The molecule has 5 fully saturated rings.